The topological polar surface area (TPSA) is 38.3 Å². The average molecular weight is 430 g/mol. The van der Waals surface area contributed by atoms with E-state index in [0.717, 1.165) is 16.5 Å². The van der Waals surface area contributed by atoms with Crippen LogP contribution in [0.4, 0.5) is 0 Å². The van der Waals surface area contributed by atoms with Gasteiger partial charge in [-0.1, -0.05) is 45.0 Å². The number of halogens is 1. The van der Waals surface area contributed by atoms with E-state index in [0.29, 0.717) is 5.75 Å². The molecule has 0 unspecified atom stereocenters. The molecule has 27 heavy (non-hydrogen) atoms. The predicted molar refractivity (Wildman–Crippen MR) is 113 cm³/mol. The average Bonchev–Trinajstić information content (AvgIpc) is 3.07. The minimum atomic E-state index is -0.116. The Morgan fingerprint density at radius 1 is 1.15 bits per heavy atom. The second-order valence-corrected chi connectivity index (χ2v) is 9.21. The molecule has 0 saturated carbocycles. The minimum Gasteiger partial charge on any atom is -0.483 e. The normalized spacial score (nSPS) is 14.6. The van der Waals surface area contributed by atoms with E-state index < -0.39 is 0 Å². The van der Waals surface area contributed by atoms with Crippen LogP contribution in [-0.4, -0.2) is 12.5 Å². The van der Waals surface area contributed by atoms with Crippen molar-refractivity contribution in [2.24, 2.45) is 0 Å². The number of hydrogen-bond acceptors (Lipinski definition) is 2. The van der Waals surface area contributed by atoms with Crippen molar-refractivity contribution in [2.75, 3.05) is 6.61 Å². The van der Waals surface area contributed by atoms with Gasteiger partial charge < -0.3 is 10.1 Å². The molecule has 0 aliphatic heterocycles. The van der Waals surface area contributed by atoms with E-state index in [9.17, 15) is 4.79 Å². The van der Waals surface area contributed by atoms with Crippen LogP contribution in [-0.2, 0) is 23.1 Å². The van der Waals surface area contributed by atoms with Crippen molar-refractivity contribution >= 4 is 21.8 Å². The number of rotatable bonds is 5. The number of carbonyl (C=O) groups excluding carboxylic acids is 1. The molecule has 2 aromatic rings. The monoisotopic (exact) mass is 429 g/mol. The maximum atomic E-state index is 12.3. The lowest BCUT2D eigenvalue weighted by atomic mass is 9.87. The zero-order chi connectivity index (χ0) is 19.6. The number of hydrogen-bond donors (Lipinski definition) is 1. The Hall–Kier alpha value is -1.81. The summed E-state index contributed by atoms with van der Waals surface area (Å²) < 4.78 is 6.59. The quantitative estimate of drug-likeness (QED) is 0.681. The van der Waals surface area contributed by atoms with Gasteiger partial charge in [0.1, 0.15) is 5.75 Å². The Balaban J connectivity index is 1.56. The third-order valence-electron chi connectivity index (χ3n) is 5.16. The molecule has 0 saturated heterocycles. The minimum absolute atomic E-state index is 0.00272. The molecule has 2 aromatic carbocycles. The molecule has 4 heteroatoms. The Labute approximate surface area is 170 Å². The molecule has 0 bridgehead atoms. The summed E-state index contributed by atoms with van der Waals surface area (Å²) in [6, 6.07) is 12.5. The van der Waals surface area contributed by atoms with Crippen LogP contribution in [0, 0.1) is 0 Å². The maximum Gasteiger partial charge on any atom is 0.258 e. The molecule has 0 fully saturated rings. The third kappa shape index (κ3) is 4.92. The number of ether oxygens (including phenoxy) is 1. The molecular formula is C23H28BrNO2. The number of carbonyl (C=O) groups is 1. The van der Waals surface area contributed by atoms with Crippen LogP contribution in [0.1, 0.15) is 62.4 Å². The number of amides is 1. The van der Waals surface area contributed by atoms with Crippen molar-refractivity contribution in [3.63, 3.8) is 0 Å². The Bertz CT molecular complexity index is 839. The third-order valence-corrected chi connectivity index (χ3v) is 5.78. The van der Waals surface area contributed by atoms with Crippen molar-refractivity contribution in [3.05, 3.63) is 63.1 Å². The first-order valence-electron chi connectivity index (χ1n) is 9.58. The summed E-state index contributed by atoms with van der Waals surface area (Å²) in [4.78, 5) is 12.3. The second kappa shape index (κ2) is 8.05. The van der Waals surface area contributed by atoms with E-state index in [2.05, 4.69) is 66.3 Å². The summed E-state index contributed by atoms with van der Waals surface area (Å²) in [5.74, 6) is 0.568. The summed E-state index contributed by atoms with van der Waals surface area (Å²) in [5, 5.41) is 3.03. The fraction of sp³-hybridized carbons (Fsp3) is 0.435. The molecule has 1 aliphatic carbocycles. The Kier molecular flexibility index (Phi) is 5.95. The van der Waals surface area contributed by atoms with Crippen molar-refractivity contribution in [3.8, 4) is 5.75 Å². The summed E-state index contributed by atoms with van der Waals surface area (Å²) >= 11 is 3.55. The molecule has 0 heterocycles. The van der Waals surface area contributed by atoms with Gasteiger partial charge in [-0.05, 0) is 81.9 Å². The van der Waals surface area contributed by atoms with Gasteiger partial charge in [-0.25, -0.2) is 0 Å². The van der Waals surface area contributed by atoms with Gasteiger partial charge in [0.2, 0.25) is 0 Å². The fourth-order valence-corrected chi connectivity index (χ4v) is 3.95. The van der Waals surface area contributed by atoms with Crippen molar-refractivity contribution in [1.29, 1.82) is 0 Å². The molecule has 1 aliphatic rings. The first kappa shape index (κ1) is 19.9. The largest absolute Gasteiger partial charge is 0.483 e. The number of nitrogens with one attached hydrogen (secondary N) is 1. The number of benzene rings is 2. The van der Waals surface area contributed by atoms with Gasteiger partial charge in [0.15, 0.2) is 6.61 Å². The van der Waals surface area contributed by atoms with E-state index in [1.54, 1.807) is 0 Å². The second-order valence-electron chi connectivity index (χ2n) is 8.35. The zero-order valence-electron chi connectivity index (χ0n) is 16.6. The SMILES string of the molecule is C[C@@H](NC(=O)COc1ccc(C(C)(C)C)cc1Br)c1ccc2c(c1)CCC2. The fourth-order valence-electron chi connectivity index (χ4n) is 3.46. The highest BCUT2D eigenvalue weighted by Crippen LogP contribution is 2.31. The highest BCUT2D eigenvalue weighted by Gasteiger charge is 2.17. The van der Waals surface area contributed by atoms with E-state index in [1.165, 1.54) is 29.5 Å². The first-order valence-corrected chi connectivity index (χ1v) is 10.4. The van der Waals surface area contributed by atoms with Gasteiger partial charge in [-0.15, -0.1) is 0 Å². The highest BCUT2D eigenvalue weighted by atomic mass is 79.9. The molecule has 1 atom stereocenters. The summed E-state index contributed by atoms with van der Waals surface area (Å²) in [5.41, 5.74) is 5.32. The van der Waals surface area contributed by atoms with Gasteiger partial charge in [0.05, 0.1) is 10.5 Å². The molecule has 144 valence electrons. The van der Waals surface area contributed by atoms with Crippen LogP contribution >= 0.6 is 15.9 Å². The zero-order valence-corrected chi connectivity index (χ0v) is 18.2. The molecule has 0 aromatic heterocycles. The molecule has 1 N–H and O–H groups in total. The number of fused-ring (bicyclic) bond motifs is 1. The molecule has 0 spiro atoms. The van der Waals surface area contributed by atoms with Crippen molar-refractivity contribution < 1.29 is 9.53 Å². The molecule has 3 rings (SSSR count). The van der Waals surface area contributed by atoms with Gasteiger partial charge >= 0.3 is 0 Å². The molecular weight excluding hydrogens is 402 g/mol. The first-order chi connectivity index (χ1) is 12.7. The van der Waals surface area contributed by atoms with E-state index in [4.69, 9.17) is 4.74 Å². The van der Waals surface area contributed by atoms with E-state index >= 15 is 0 Å². The Morgan fingerprint density at radius 2 is 1.89 bits per heavy atom. The summed E-state index contributed by atoms with van der Waals surface area (Å²) in [6.07, 6.45) is 3.55. The maximum absolute atomic E-state index is 12.3. The van der Waals surface area contributed by atoms with Gasteiger partial charge in [0, 0.05) is 0 Å². The summed E-state index contributed by atoms with van der Waals surface area (Å²) in [6.45, 7) is 8.53. The van der Waals surface area contributed by atoms with Crippen molar-refractivity contribution in [1.82, 2.24) is 5.32 Å². The van der Waals surface area contributed by atoms with Crippen LogP contribution in [0.2, 0.25) is 0 Å². The van der Waals surface area contributed by atoms with Gasteiger partial charge in [-0.3, -0.25) is 4.79 Å². The van der Waals surface area contributed by atoms with Crippen LogP contribution in [0.5, 0.6) is 5.75 Å². The van der Waals surface area contributed by atoms with Crippen LogP contribution in [0.25, 0.3) is 0 Å². The molecule has 3 nitrogen and oxygen atoms in total. The van der Waals surface area contributed by atoms with Crippen LogP contribution in [0.3, 0.4) is 0 Å². The lowest BCUT2D eigenvalue weighted by molar-refractivity contribution is -0.123. The van der Waals surface area contributed by atoms with E-state index in [-0.39, 0.29) is 24.0 Å². The molecule has 0 radical (unpaired) electrons. The smallest absolute Gasteiger partial charge is 0.258 e. The highest BCUT2D eigenvalue weighted by molar-refractivity contribution is 9.10. The number of aryl methyl sites for hydroxylation is 2. The standard InChI is InChI=1S/C23H28BrNO2/c1-15(17-9-8-16-6-5-7-18(16)12-17)25-22(26)14-27-21-11-10-19(13-20(21)24)23(2,3)4/h8-13,15H,5-7,14H2,1-4H3,(H,25,26)/t15-/m1/s1. The Morgan fingerprint density at radius 3 is 2.59 bits per heavy atom. The lowest BCUT2D eigenvalue weighted by Crippen LogP contribution is -2.31. The van der Waals surface area contributed by atoms with Gasteiger partial charge in [-0.2, -0.15) is 0 Å². The van der Waals surface area contributed by atoms with Gasteiger partial charge in [0.25, 0.3) is 5.91 Å². The van der Waals surface area contributed by atoms with Crippen LogP contribution in [0.15, 0.2) is 40.9 Å². The van der Waals surface area contributed by atoms with Crippen LogP contribution < -0.4 is 10.1 Å². The predicted octanol–water partition coefficient (Wildman–Crippen LogP) is 5.49. The molecule has 1 amide bonds. The van der Waals surface area contributed by atoms with E-state index in [1.807, 2.05) is 19.1 Å². The lowest BCUT2D eigenvalue weighted by Gasteiger charge is -2.20. The summed E-state index contributed by atoms with van der Waals surface area (Å²) in [7, 11) is 0. The van der Waals surface area contributed by atoms with Crippen molar-refractivity contribution in [2.45, 2.75) is 58.4 Å².